The van der Waals surface area contributed by atoms with Gasteiger partial charge in [-0.2, -0.15) is 0 Å². The Labute approximate surface area is 74.0 Å². The van der Waals surface area contributed by atoms with Crippen molar-refractivity contribution < 1.29 is 27.9 Å². The van der Waals surface area contributed by atoms with Gasteiger partial charge in [0.15, 0.2) is 0 Å². The molecule has 2 nitrogen and oxygen atoms in total. The number of rotatable bonds is 1. The molecule has 0 N–H and O–H groups in total. The maximum atomic E-state index is 10.2. The summed E-state index contributed by atoms with van der Waals surface area (Å²) in [6.07, 6.45) is 0. The van der Waals surface area contributed by atoms with Gasteiger partial charge in [-0.1, -0.05) is 35.2 Å². The minimum Gasteiger partial charge on any atom is -0.420 e. The second-order valence-electron chi connectivity index (χ2n) is 1.55. The molecular weight excluding hydrogens is 202 g/mol. The first-order valence-corrected chi connectivity index (χ1v) is 3.52. The standard InChI is InChI=1S/C6H5O2S.Zn/c7-9(8)6-4-2-1-3-5-6;/h1-5H;/q-1;. The second kappa shape index (κ2) is 4.58. The van der Waals surface area contributed by atoms with Crippen LogP contribution in [0.5, 0.6) is 0 Å². The smallest absolute Gasteiger partial charge is 0 e. The Bertz CT molecular complexity index is 248. The summed E-state index contributed by atoms with van der Waals surface area (Å²) in [7, 11) is -2.08. The molecule has 0 saturated carbocycles. The van der Waals surface area contributed by atoms with Crippen molar-refractivity contribution in [1.29, 1.82) is 0 Å². The molecule has 0 heterocycles. The molecule has 0 radical (unpaired) electrons. The van der Waals surface area contributed by atoms with E-state index in [9.17, 15) is 8.42 Å². The molecule has 1 rings (SSSR count). The Morgan fingerprint density at radius 1 is 1.00 bits per heavy atom. The summed E-state index contributed by atoms with van der Waals surface area (Å²) in [6, 6.07) is 8.23. The van der Waals surface area contributed by atoms with Gasteiger partial charge < -0.3 is 8.42 Å². The molecule has 0 amide bonds. The van der Waals surface area contributed by atoms with Crippen LogP contribution >= 0.6 is 0 Å². The molecule has 1 aromatic rings. The Balaban J connectivity index is 0.000000810. The molecule has 1 aromatic carbocycles. The fourth-order valence-corrected chi connectivity index (χ4v) is 0.911. The quantitative estimate of drug-likeness (QED) is 0.514. The maximum absolute atomic E-state index is 10.2. The van der Waals surface area contributed by atoms with E-state index in [1.54, 1.807) is 30.3 Å². The number of hydrogen-bond acceptors (Lipinski definition) is 3. The monoisotopic (exact) mass is 205 g/mol. The molecule has 10 heavy (non-hydrogen) atoms. The van der Waals surface area contributed by atoms with Gasteiger partial charge in [0.05, 0.1) is 0 Å². The summed E-state index contributed by atoms with van der Waals surface area (Å²) in [5, 5.41) is 0. The predicted molar refractivity (Wildman–Crippen MR) is 33.4 cm³/mol. The fourth-order valence-electron chi connectivity index (χ4n) is 0.532. The molecule has 50 valence electrons. The molecule has 0 aliphatic rings. The molecule has 0 atom stereocenters. The zero-order chi connectivity index (χ0) is 6.69. The maximum Gasteiger partial charge on any atom is 0 e. The van der Waals surface area contributed by atoms with Crippen LogP contribution in [0.4, 0.5) is 0 Å². The summed E-state index contributed by atoms with van der Waals surface area (Å²) < 4.78 is 20.4. The van der Waals surface area contributed by atoms with Gasteiger partial charge in [-0.15, -0.1) is 0 Å². The molecule has 0 unspecified atom stereocenters. The molecule has 0 aliphatic carbocycles. The van der Waals surface area contributed by atoms with Crippen molar-refractivity contribution in [3.05, 3.63) is 30.3 Å². The summed E-state index contributed by atoms with van der Waals surface area (Å²) >= 11 is 0. The zero-order valence-electron chi connectivity index (χ0n) is 5.32. The molecule has 0 aliphatic heterocycles. The van der Waals surface area contributed by atoms with Crippen molar-refractivity contribution in [2.24, 2.45) is 0 Å². The molecule has 0 spiro atoms. The van der Waals surface area contributed by atoms with Crippen LogP contribution in [-0.2, 0) is 38.6 Å². The van der Waals surface area contributed by atoms with Gasteiger partial charge in [-0.05, 0) is 10.7 Å². The Morgan fingerprint density at radius 2 is 1.50 bits per heavy atom. The summed E-state index contributed by atoms with van der Waals surface area (Å²) in [5.41, 5.74) is 0. The normalized spacial score (nSPS) is 8.90. The van der Waals surface area contributed by atoms with Crippen LogP contribution in [0.2, 0.25) is 0 Å². The van der Waals surface area contributed by atoms with E-state index in [0.29, 0.717) is 4.90 Å². The Morgan fingerprint density at radius 3 is 1.80 bits per heavy atom. The zero-order valence-corrected chi connectivity index (χ0v) is 9.10. The van der Waals surface area contributed by atoms with Crippen LogP contribution in [0.3, 0.4) is 0 Å². The Kier molecular flexibility index (Phi) is 4.49. The molecular formula is C6H5O2SZn-. The molecule has 0 aromatic heterocycles. The van der Waals surface area contributed by atoms with Crippen LogP contribution in [0.25, 0.3) is 0 Å². The van der Waals surface area contributed by atoms with E-state index in [0.717, 1.165) is 0 Å². The SMILES string of the molecule is O=[S-](=O)c1ccccc1.[Zn]. The van der Waals surface area contributed by atoms with E-state index in [-0.39, 0.29) is 19.5 Å². The van der Waals surface area contributed by atoms with Crippen molar-refractivity contribution in [2.75, 3.05) is 0 Å². The van der Waals surface area contributed by atoms with Crippen molar-refractivity contribution in [3.63, 3.8) is 0 Å². The van der Waals surface area contributed by atoms with E-state index in [2.05, 4.69) is 0 Å². The van der Waals surface area contributed by atoms with Crippen LogP contribution in [0.1, 0.15) is 0 Å². The minimum absolute atomic E-state index is 0. The van der Waals surface area contributed by atoms with E-state index in [1.807, 2.05) is 0 Å². The predicted octanol–water partition coefficient (Wildman–Crippen LogP) is 1.35. The van der Waals surface area contributed by atoms with E-state index in [1.165, 1.54) is 0 Å². The van der Waals surface area contributed by atoms with Crippen molar-refractivity contribution in [3.8, 4) is 0 Å². The minimum atomic E-state index is -2.08. The fraction of sp³-hybridized carbons (Fsp3) is 0. The Hall–Kier alpha value is -0.207. The summed E-state index contributed by atoms with van der Waals surface area (Å²) in [4.78, 5) is 0.331. The third-order valence-electron chi connectivity index (χ3n) is 0.936. The third kappa shape index (κ3) is 2.59. The third-order valence-corrected chi connectivity index (χ3v) is 1.59. The van der Waals surface area contributed by atoms with Crippen LogP contribution in [0.15, 0.2) is 35.2 Å². The van der Waals surface area contributed by atoms with Crippen LogP contribution < -0.4 is 0 Å². The van der Waals surface area contributed by atoms with Crippen LogP contribution in [0, 0.1) is 0 Å². The molecule has 0 fully saturated rings. The van der Waals surface area contributed by atoms with E-state index >= 15 is 0 Å². The van der Waals surface area contributed by atoms with Gasteiger partial charge in [0.25, 0.3) is 0 Å². The number of hydrogen-bond donors (Lipinski definition) is 0. The van der Waals surface area contributed by atoms with Crippen molar-refractivity contribution >= 4 is 10.7 Å². The molecule has 0 bridgehead atoms. The van der Waals surface area contributed by atoms with Gasteiger partial charge >= 0.3 is 0 Å². The average molecular weight is 207 g/mol. The van der Waals surface area contributed by atoms with E-state index in [4.69, 9.17) is 0 Å². The molecule has 4 heteroatoms. The summed E-state index contributed by atoms with van der Waals surface area (Å²) in [5.74, 6) is 0. The average Bonchev–Trinajstić information content (AvgIpc) is 1.90. The van der Waals surface area contributed by atoms with Gasteiger partial charge in [-0.3, -0.25) is 0 Å². The largest absolute Gasteiger partial charge is 0.420 e. The molecule has 0 saturated heterocycles. The first-order valence-electron chi connectivity index (χ1n) is 2.45. The first-order chi connectivity index (χ1) is 4.30. The van der Waals surface area contributed by atoms with Gasteiger partial charge in [0.2, 0.25) is 0 Å². The van der Waals surface area contributed by atoms with Crippen molar-refractivity contribution in [1.82, 2.24) is 0 Å². The van der Waals surface area contributed by atoms with Gasteiger partial charge in [-0.25, -0.2) is 0 Å². The van der Waals surface area contributed by atoms with E-state index < -0.39 is 10.7 Å². The van der Waals surface area contributed by atoms with Crippen LogP contribution in [-0.4, -0.2) is 0 Å². The van der Waals surface area contributed by atoms with Crippen molar-refractivity contribution in [2.45, 2.75) is 4.90 Å². The summed E-state index contributed by atoms with van der Waals surface area (Å²) in [6.45, 7) is 0. The number of benzene rings is 1. The topological polar surface area (TPSA) is 34.1 Å². The second-order valence-corrected chi connectivity index (χ2v) is 2.49. The van der Waals surface area contributed by atoms with Gasteiger partial charge in [0.1, 0.15) is 0 Å². The van der Waals surface area contributed by atoms with Gasteiger partial charge in [0, 0.05) is 19.5 Å². The first kappa shape index (κ1) is 9.79.